The molecule has 1 N–H and O–H groups in total. The summed E-state index contributed by atoms with van der Waals surface area (Å²) in [5.41, 5.74) is 1.66. The molecular weight excluding hydrogens is 250 g/mol. The Morgan fingerprint density at radius 2 is 2.16 bits per heavy atom. The SMILES string of the molecule is O=[N+]([O-])c1ccc(C(O)c2ccc3c(c2)CCO3)o1. The van der Waals surface area contributed by atoms with Crippen molar-refractivity contribution in [2.75, 3.05) is 6.61 Å². The molecule has 1 atom stereocenters. The number of aliphatic hydroxyl groups is 1. The predicted octanol–water partition coefficient (Wildman–Crippen LogP) is 2.20. The van der Waals surface area contributed by atoms with Gasteiger partial charge in [0.1, 0.15) is 22.5 Å². The molecule has 19 heavy (non-hydrogen) atoms. The summed E-state index contributed by atoms with van der Waals surface area (Å²) in [4.78, 5) is 9.91. The Kier molecular flexibility index (Phi) is 2.72. The monoisotopic (exact) mass is 261 g/mol. The molecule has 0 spiro atoms. The number of hydrogen-bond donors (Lipinski definition) is 1. The first-order chi connectivity index (χ1) is 9.15. The maximum absolute atomic E-state index is 10.5. The molecule has 6 nitrogen and oxygen atoms in total. The standard InChI is InChI=1S/C13H11NO5/c15-13(11-3-4-12(19-11)14(16)17)9-1-2-10-8(7-9)5-6-18-10/h1-4,7,13,15H,5-6H2. The Balaban J connectivity index is 1.90. The summed E-state index contributed by atoms with van der Waals surface area (Å²) in [5, 5.41) is 20.7. The summed E-state index contributed by atoms with van der Waals surface area (Å²) >= 11 is 0. The van der Waals surface area contributed by atoms with Gasteiger partial charge in [0.05, 0.1) is 12.7 Å². The first-order valence-corrected chi connectivity index (χ1v) is 5.83. The van der Waals surface area contributed by atoms with Gasteiger partial charge in [-0.1, -0.05) is 6.07 Å². The Labute approximate surface area is 108 Å². The molecule has 1 aliphatic heterocycles. The molecule has 2 heterocycles. The number of nitro groups is 1. The lowest BCUT2D eigenvalue weighted by molar-refractivity contribution is -0.402. The van der Waals surface area contributed by atoms with Crippen molar-refractivity contribution in [2.24, 2.45) is 0 Å². The van der Waals surface area contributed by atoms with Gasteiger partial charge in [0.2, 0.25) is 0 Å². The van der Waals surface area contributed by atoms with Crippen LogP contribution in [0, 0.1) is 10.1 Å². The van der Waals surface area contributed by atoms with Gasteiger partial charge in [-0.25, -0.2) is 0 Å². The minimum absolute atomic E-state index is 0.158. The predicted molar refractivity (Wildman–Crippen MR) is 65.1 cm³/mol. The van der Waals surface area contributed by atoms with Gasteiger partial charge in [-0.2, -0.15) is 0 Å². The maximum atomic E-state index is 10.5. The summed E-state index contributed by atoms with van der Waals surface area (Å²) in [6, 6.07) is 7.99. The fourth-order valence-corrected chi connectivity index (χ4v) is 2.13. The van der Waals surface area contributed by atoms with Crippen LogP contribution >= 0.6 is 0 Å². The lowest BCUT2D eigenvalue weighted by atomic mass is 10.0. The number of benzene rings is 1. The zero-order valence-electron chi connectivity index (χ0n) is 9.91. The van der Waals surface area contributed by atoms with Gasteiger partial charge < -0.3 is 14.3 Å². The third kappa shape index (κ3) is 2.06. The van der Waals surface area contributed by atoms with Gasteiger partial charge in [-0.15, -0.1) is 0 Å². The zero-order chi connectivity index (χ0) is 13.4. The number of hydrogen-bond acceptors (Lipinski definition) is 5. The van der Waals surface area contributed by atoms with E-state index in [1.807, 2.05) is 6.07 Å². The Morgan fingerprint density at radius 3 is 2.89 bits per heavy atom. The van der Waals surface area contributed by atoms with Crippen LogP contribution in [0.2, 0.25) is 0 Å². The maximum Gasteiger partial charge on any atom is 0.433 e. The van der Waals surface area contributed by atoms with Crippen molar-refractivity contribution in [3.05, 3.63) is 57.3 Å². The summed E-state index contributed by atoms with van der Waals surface area (Å²) in [5.74, 6) is 0.602. The van der Waals surface area contributed by atoms with Crippen LogP contribution in [0.15, 0.2) is 34.7 Å². The number of fused-ring (bicyclic) bond motifs is 1. The first kappa shape index (κ1) is 11.7. The highest BCUT2D eigenvalue weighted by Crippen LogP contribution is 2.32. The Morgan fingerprint density at radius 1 is 1.32 bits per heavy atom. The van der Waals surface area contributed by atoms with E-state index in [2.05, 4.69) is 0 Å². The van der Waals surface area contributed by atoms with Crippen molar-refractivity contribution in [1.82, 2.24) is 0 Å². The Bertz CT molecular complexity index is 634. The molecule has 0 fully saturated rings. The van der Waals surface area contributed by atoms with Crippen molar-refractivity contribution in [1.29, 1.82) is 0 Å². The molecule has 0 amide bonds. The van der Waals surface area contributed by atoms with E-state index in [1.165, 1.54) is 12.1 Å². The molecule has 0 saturated heterocycles. The number of rotatable bonds is 3. The summed E-state index contributed by atoms with van der Waals surface area (Å²) in [6.07, 6.45) is -0.214. The smallest absolute Gasteiger partial charge is 0.433 e. The fourth-order valence-electron chi connectivity index (χ4n) is 2.13. The van der Waals surface area contributed by atoms with Gasteiger partial charge in [0.15, 0.2) is 0 Å². The molecule has 0 bridgehead atoms. The number of aliphatic hydroxyl groups excluding tert-OH is 1. The molecular formula is C13H11NO5. The fraction of sp³-hybridized carbons (Fsp3) is 0.231. The van der Waals surface area contributed by atoms with Crippen LogP contribution in [0.5, 0.6) is 5.75 Å². The molecule has 0 saturated carbocycles. The minimum atomic E-state index is -1.01. The van der Waals surface area contributed by atoms with Crippen LogP contribution in [0.3, 0.4) is 0 Å². The normalized spacial score (nSPS) is 14.8. The van der Waals surface area contributed by atoms with Gasteiger partial charge in [0, 0.05) is 6.42 Å². The number of nitrogens with zero attached hydrogens (tertiary/aromatic N) is 1. The quantitative estimate of drug-likeness (QED) is 0.676. The highest BCUT2D eigenvalue weighted by molar-refractivity contribution is 5.42. The average molecular weight is 261 g/mol. The second-order valence-electron chi connectivity index (χ2n) is 4.30. The lowest BCUT2D eigenvalue weighted by Crippen LogP contribution is -1.98. The third-order valence-electron chi connectivity index (χ3n) is 3.09. The highest BCUT2D eigenvalue weighted by atomic mass is 16.6. The topological polar surface area (TPSA) is 85.7 Å². The van der Waals surface area contributed by atoms with E-state index >= 15 is 0 Å². The van der Waals surface area contributed by atoms with E-state index in [-0.39, 0.29) is 11.6 Å². The zero-order valence-corrected chi connectivity index (χ0v) is 9.91. The lowest BCUT2D eigenvalue weighted by Gasteiger charge is -2.09. The van der Waals surface area contributed by atoms with Crippen LogP contribution in [-0.2, 0) is 6.42 Å². The van der Waals surface area contributed by atoms with Gasteiger partial charge >= 0.3 is 5.88 Å². The average Bonchev–Trinajstić information content (AvgIpc) is 3.06. The molecule has 2 aromatic rings. The largest absolute Gasteiger partial charge is 0.493 e. The number of ether oxygens (including phenoxy) is 1. The van der Waals surface area contributed by atoms with Gasteiger partial charge in [-0.3, -0.25) is 10.1 Å². The van der Waals surface area contributed by atoms with Crippen LogP contribution in [-0.4, -0.2) is 16.6 Å². The van der Waals surface area contributed by atoms with Crippen molar-refractivity contribution < 1.29 is 19.2 Å². The molecule has 0 aliphatic carbocycles. The van der Waals surface area contributed by atoms with E-state index in [1.54, 1.807) is 12.1 Å². The molecule has 1 aromatic heterocycles. The van der Waals surface area contributed by atoms with Crippen molar-refractivity contribution in [3.63, 3.8) is 0 Å². The molecule has 6 heteroatoms. The second kappa shape index (κ2) is 4.40. The number of furan rings is 1. The first-order valence-electron chi connectivity index (χ1n) is 5.83. The molecule has 1 unspecified atom stereocenters. The third-order valence-corrected chi connectivity index (χ3v) is 3.09. The van der Waals surface area contributed by atoms with Crippen LogP contribution < -0.4 is 4.74 Å². The van der Waals surface area contributed by atoms with Crippen molar-refractivity contribution >= 4 is 5.88 Å². The highest BCUT2D eigenvalue weighted by Gasteiger charge is 2.21. The molecule has 1 aliphatic rings. The van der Waals surface area contributed by atoms with Gasteiger partial charge in [-0.05, 0) is 29.3 Å². The van der Waals surface area contributed by atoms with E-state index in [4.69, 9.17) is 9.15 Å². The van der Waals surface area contributed by atoms with Gasteiger partial charge in [0.25, 0.3) is 0 Å². The summed E-state index contributed by atoms with van der Waals surface area (Å²) in [7, 11) is 0. The van der Waals surface area contributed by atoms with E-state index in [0.717, 1.165) is 17.7 Å². The molecule has 3 rings (SSSR count). The van der Waals surface area contributed by atoms with Crippen LogP contribution in [0.4, 0.5) is 5.88 Å². The van der Waals surface area contributed by atoms with E-state index in [0.29, 0.717) is 12.2 Å². The van der Waals surface area contributed by atoms with Crippen LogP contribution in [0.25, 0.3) is 0 Å². The summed E-state index contributed by atoms with van der Waals surface area (Å²) in [6.45, 7) is 0.640. The molecule has 1 aromatic carbocycles. The molecule has 0 radical (unpaired) electrons. The molecule has 98 valence electrons. The Hall–Kier alpha value is -2.34. The minimum Gasteiger partial charge on any atom is -0.493 e. The van der Waals surface area contributed by atoms with Crippen molar-refractivity contribution in [3.8, 4) is 5.75 Å². The van der Waals surface area contributed by atoms with E-state index in [9.17, 15) is 15.2 Å². The second-order valence-corrected chi connectivity index (χ2v) is 4.30. The van der Waals surface area contributed by atoms with Crippen LogP contribution in [0.1, 0.15) is 23.0 Å². The van der Waals surface area contributed by atoms with Crippen molar-refractivity contribution in [2.45, 2.75) is 12.5 Å². The summed E-state index contributed by atoms with van der Waals surface area (Å²) < 4.78 is 10.4. The van der Waals surface area contributed by atoms with E-state index < -0.39 is 11.0 Å².